The van der Waals surface area contributed by atoms with E-state index in [0.29, 0.717) is 18.5 Å². The Kier molecular flexibility index (Phi) is 3.92. The molecule has 0 saturated carbocycles. The standard InChI is InChI=1S/C15H12BrNO4S/c16-11-2-1-3-12(9-11)21-22(19,20)13-5-6-14-10(8-13)4-7-15(18)17-14/h1-3,5-6,8-9H,4,7H2,(H,17,18). The van der Waals surface area contributed by atoms with E-state index in [1.54, 1.807) is 36.4 Å². The first-order valence-corrected chi connectivity index (χ1v) is 8.77. The smallest absolute Gasteiger partial charge is 0.339 e. The number of carbonyl (C=O) groups excluding carboxylic acids is 1. The van der Waals surface area contributed by atoms with Gasteiger partial charge in [0, 0.05) is 16.6 Å². The van der Waals surface area contributed by atoms with E-state index in [1.807, 2.05) is 0 Å². The molecule has 114 valence electrons. The number of hydrogen-bond donors (Lipinski definition) is 1. The SMILES string of the molecule is O=C1CCc2cc(S(=O)(=O)Oc3cccc(Br)c3)ccc2N1. The zero-order valence-electron chi connectivity index (χ0n) is 11.4. The summed E-state index contributed by atoms with van der Waals surface area (Å²) >= 11 is 3.27. The van der Waals surface area contributed by atoms with Crippen molar-refractivity contribution in [2.24, 2.45) is 0 Å². The van der Waals surface area contributed by atoms with Crippen molar-refractivity contribution in [2.75, 3.05) is 5.32 Å². The molecule has 1 aliphatic rings. The van der Waals surface area contributed by atoms with E-state index in [9.17, 15) is 13.2 Å². The van der Waals surface area contributed by atoms with Crippen LogP contribution < -0.4 is 9.50 Å². The van der Waals surface area contributed by atoms with Gasteiger partial charge in [0.1, 0.15) is 10.6 Å². The maximum Gasteiger partial charge on any atom is 0.339 e. The second kappa shape index (κ2) is 5.73. The van der Waals surface area contributed by atoms with Crippen LogP contribution in [0.2, 0.25) is 0 Å². The van der Waals surface area contributed by atoms with Crippen LogP contribution in [-0.4, -0.2) is 14.3 Å². The number of hydrogen-bond acceptors (Lipinski definition) is 4. The van der Waals surface area contributed by atoms with Crippen molar-refractivity contribution in [3.05, 3.63) is 52.5 Å². The van der Waals surface area contributed by atoms with E-state index in [-0.39, 0.29) is 16.6 Å². The summed E-state index contributed by atoms with van der Waals surface area (Å²) in [6, 6.07) is 11.2. The van der Waals surface area contributed by atoms with Crippen molar-refractivity contribution in [3.63, 3.8) is 0 Å². The third kappa shape index (κ3) is 3.15. The van der Waals surface area contributed by atoms with Gasteiger partial charge in [0.2, 0.25) is 5.91 Å². The van der Waals surface area contributed by atoms with Gasteiger partial charge in [-0.15, -0.1) is 0 Å². The minimum atomic E-state index is -3.91. The van der Waals surface area contributed by atoms with Gasteiger partial charge in [-0.05, 0) is 48.4 Å². The van der Waals surface area contributed by atoms with Crippen LogP contribution in [0.4, 0.5) is 5.69 Å². The van der Waals surface area contributed by atoms with Crippen molar-refractivity contribution < 1.29 is 17.4 Å². The molecule has 0 fully saturated rings. The van der Waals surface area contributed by atoms with E-state index in [1.165, 1.54) is 6.07 Å². The fourth-order valence-electron chi connectivity index (χ4n) is 2.21. The predicted octanol–water partition coefficient (Wildman–Crippen LogP) is 3.10. The molecule has 1 aliphatic heterocycles. The Morgan fingerprint density at radius 2 is 1.91 bits per heavy atom. The third-order valence-corrected chi connectivity index (χ3v) is 5.00. The highest BCUT2D eigenvalue weighted by Crippen LogP contribution is 2.27. The lowest BCUT2D eigenvalue weighted by Gasteiger charge is -2.17. The Hall–Kier alpha value is -1.86. The zero-order valence-corrected chi connectivity index (χ0v) is 13.8. The van der Waals surface area contributed by atoms with Crippen molar-refractivity contribution in [3.8, 4) is 5.75 Å². The molecule has 0 bridgehead atoms. The summed E-state index contributed by atoms with van der Waals surface area (Å²) in [4.78, 5) is 11.4. The van der Waals surface area contributed by atoms with Gasteiger partial charge in [0.25, 0.3) is 0 Å². The monoisotopic (exact) mass is 381 g/mol. The van der Waals surface area contributed by atoms with Gasteiger partial charge in [0.15, 0.2) is 0 Å². The summed E-state index contributed by atoms with van der Waals surface area (Å²) in [6.45, 7) is 0. The fourth-order valence-corrected chi connectivity index (χ4v) is 3.56. The lowest BCUT2D eigenvalue weighted by atomic mass is 10.0. The number of aryl methyl sites for hydroxylation is 1. The van der Waals surface area contributed by atoms with Gasteiger partial charge in [0.05, 0.1) is 0 Å². The van der Waals surface area contributed by atoms with Gasteiger partial charge < -0.3 is 9.50 Å². The van der Waals surface area contributed by atoms with Crippen LogP contribution in [0.1, 0.15) is 12.0 Å². The maximum atomic E-state index is 12.3. The molecule has 0 aromatic heterocycles. The van der Waals surface area contributed by atoms with Crippen molar-refractivity contribution in [1.29, 1.82) is 0 Å². The number of benzene rings is 2. The highest BCUT2D eigenvalue weighted by Gasteiger charge is 2.21. The van der Waals surface area contributed by atoms with E-state index in [2.05, 4.69) is 21.2 Å². The van der Waals surface area contributed by atoms with Gasteiger partial charge in [-0.3, -0.25) is 4.79 Å². The first kappa shape index (κ1) is 15.1. The molecule has 0 radical (unpaired) electrons. The number of fused-ring (bicyclic) bond motifs is 1. The molecule has 1 amide bonds. The predicted molar refractivity (Wildman–Crippen MR) is 85.3 cm³/mol. The molecule has 3 rings (SSSR count). The molecule has 2 aromatic carbocycles. The second-order valence-electron chi connectivity index (χ2n) is 4.86. The van der Waals surface area contributed by atoms with Crippen LogP contribution >= 0.6 is 15.9 Å². The van der Waals surface area contributed by atoms with E-state index < -0.39 is 10.1 Å². The van der Waals surface area contributed by atoms with Crippen molar-refractivity contribution in [1.82, 2.24) is 0 Å². The Morgan fingerprint density at radius 3 is 2.68 bits per heavy atom. The third-order valence-electron chi connectivity index (χ3n) is 3.26. The maximum absolute atomic E-state index is 12.3. The van der Waals surface area contributed by atoms with Crippen molar-refractivity contribution >= 4 is 37.6 Å². The molecule has 0 aliphatic carbocycles. The van der Waals surface area contributed by atoms with Crippen LogP contribution in [-0.2, 0) is 21.3 Å². The van der Waals surface area contributed by atoms with Crippen LogP contribution in [0.5, 0.6) is 5.75 Å². The molecule has 2 aromatic rings. The lowest BCUT2D eigenvalue weighted by Crippen LogP contribution is -2.19. The van der Waals surface area contributed by atoms with Crippen molar-refractivity contribution in [2.45, 2.75) is 17.7 Å². The fraction of sp³-hybridized carbons (Fsp3) is 0.133. The molecule has 0 saturated heterocycles. The first-order valence-electron chi connectivity index (χ1n) is 6.57. The van der Waals surface area contributed by atoms with Crippen LogP contribution in [0.15, 0.2) is 51.8 Å². The quantitative estimate of drug-likeness (QED) is 0.829. The Labute approximate surface area is 136 Å². The highest BCUT2D eigenvalue weighted by atomic mass is 79.9. The van der Waals surface area contributed by atoms with Gasteiger partial charge in [-0.1, -0.05) is 22.0 Å². The Bertz CT molecular complexity index is 848. The molecule has 22 heavy (non-hydrogen) atoms. The average Bonchev–Trinajstić information content (AvgIpc) is 2.46. The summed E-state index contributed by atoms with van der Waals surface area (Å²) < 4.78 is 30.5. The molecule has 0 unspecified atom stereocenters. The molecule has 5 nitrogen and oxygen atoms in total. The summed E-state index contributed by atoms with van der Waals surface area (Å²) in [6.07, 6.45) is 0.865. The number of rotatable bonds is 3. The summed E-state index contributed by atoms with van der Waals surface area (Å²) in [5.41, 5.74) is 1.44. The second-order valence-corrected chi connectivity index (χ2v) is 7.32. The van der Waals surface area contributed by atoms with Gasteiger partial charge in [-0.2, -0.15) is 8.42 Å². The van der Waals surface area contributed by atoms with Gasteiger partial charge in [-0.25, -0.2) is 0 Å². The van der Waals surface area contributed by atoms with Gasteiger partial charge >= 0.3 is 10.1 Å². The normalized spacial score (nSPS) is 14.1. The number of halogens is 1. The minimum Gasteiger partial charge on any atom is -0.379 e. The molecule has 0 spiro atoms. The Balaban J connectivity index is 1.91. The topological polar surface area (TPSA) is 72.5 Å². The van der Waals surface area contributed by atoms with Crippen LogP contribution in [0.3, 0.4) is 0 Å². The van der Waals surface area contributed by atoms with E-state index >= 15 is 0 Å². The summed E-state index contributed by atoms with van der Waals surface area (Å²) in [5, 5.41) is 2.71. The molecule has 1 N–H and O–H groups in total. The largest absolute Gasteiger partial charge is 0.379 e. The Morgan fingerprint density at radius 1 is 1.09 bits per heavy atom. The molecule has 7 heteroatoms. The number of amides is 1. The summed E-state index contributed by atoms with van der Waals surface area (Å²) in [7, 11) is -3.91. The number of nitrogens with one attached hydrogen (secondary N) is 1. The number of carbonyl (C=O) groups is 1. The van der Waals surface area contributed by atoms with Crippen LogP contribution in [0, 0.1) is 0 Å². The minimum absolute atomic E-state index is 0.0616. The average molecular weight is 382 g/mol. The van der Waals surface area contributed by atoms with E-state index in [0.717, 1.165) is 10.0 Å². The molecule has 1 heterocycles. The lowest BCUT2D eigenvalue weighted by molar-refractivity contribution is -0.116. The number of anilines is 1. The molecule has 0 atom stereocenters. The van der Waals surface area contributed by atoms with E-state index in [4.69, 9.17) is 4.18 Å². The first-order chi connectivity index (χ1) is 10.4. The zero-order chi connectivity index (χ0) is 15.7. The molecular weight excluding hydrogens is 370 g/mol. The molecular formula is C15H12BrNO4S. The van der Waals surface area contributed by atoms with Crippen LogP contribution in [0.25, 0.3) is 0 Å². The highest BCUT2D eigenvalue weighted by molar-refractivity contribution is 9.10. The summed E-state index contributed by atoms with van der Waals surface area (Å²) in [5.74, 6) is 0.175.